The smallest absolute Gasteiger partial charge is 0.400 e. The summed E-state index contributed by atoms with van der Waals surface area (Å²) in [4.78, 5) is 10.3. The van der Waals surface area contributed by atoms with E-state index in [0.717, 1.165) is 0 Å². The molecule has 0 unspecified atom stereocenters. The number of anilines is 1. The van der Waals surface area contributed by atoms with Crippen LogP contribution in [-0.4, -0.2) is 23.7 Å². The monoisotopic (exact) mass is 257 g/mol. The van der Waals surface area contributed by atoms with E-state index in [1.807, 2.05) is 0 Å². The van der Waals surface area contributed by atoms with Crippen molar-refractivity contribution in [3.05, 3.63) is 24.3 Å². The Morgan fingerprint density at radius 1 is 1.39 bits per heavy atom. The highest BCUT2D eigenvalue weighted by molar-refractivity contribution is 5.72. The van der Waals surface area contributed by atoms with Gasteiger partial charge in [-0.25, -0.2) is 0 Å². The summed E-state index contributed by atoms with van der Waals surface area (Å²) in [6.07, 6.45) is -2.13. The standard InChI is InChI=1S/C12H13F2NO3/c13-12(14,8-1-2-8)18-10-5-3-9(4-6-10)15-7-11(16)17/h3-6,8,15H,1-2,7H2,(H,16,17). The first-order valence-corrected chi connectivity index (χ1v) is 5.60. The molecule has 0 aliphatic heterocycles. The molecule has 0 bridgehead atoms. The summed E-state index contributed by atoms with van der Waals surface area (Å²) >= 11 is 0. The van der Waals surface area contributed by atoms with Gasteiger partial charge in [0.2, 0.25) is 0 Å². The lowest BCUT2D eigenvalue weighted by Crippen LogP contribution is -2.27. The lowest BCUT2D eigenvalue weighted by Gasteiger charge is -2.17. The van der Waals surface area contributed by atoms with Crippen molar-refractivity contribution >= 4 is 11.7 Å². The van der Waals surface area contributed by atoms with E-state index in [0.29, 0.717) is 18.5 Å². The molecule has 2 N–H and O–H groups in total. The number of alkyl halides is 2. The molecule has 18 heavy (non-hydrogen) atoms. The summed E-state index contributed by atoms with van der Waals surface area (Å²) in [5.41, 5.74) is 0.541. The van der Waals surface area contributed by atoms with Crippen molar-refractivity contribution in [1.82, 2.24) is 0 Å². The number of carboxylic acids is 1. The van der Waals surface area contributed by atoms with Gasteiger partial charge in [0.05, 0.1) is 5.92 Å². The minimum atomic E-state index is -3.12. The largest absolute Gasteiger partial charge is 0.480 e. The Hall–Kier alpha value is -1.85. The van der Waals surface area contributed by atoms with Crippen LogP contribution in [0, 0.1) is 5.92 Å². The second kappa shape index (κ2) is 4.80. The van der Waals surface area contributed by atoms with Crippen LogP contribution in [0.25, 0.3) is 0 Å². The molecule has 0 saturated heterocycles. The van der Waals surface area contributed by atoms with Crippen molar-refractivity contribution in [2.45, 2.75) is 19.0 Å². The predicted octanol–water partition coefficient (Wildman–Crippen LogP) is 2.56. The van der Waals surface area contributed by atoms with Gasteiger partial charge in [-0.1, -0.05) is 0 Å². The molecule has 1 aromatic carbocycles. The maximum absolute atomic E-state index is 13.3. The molecule has 0 radical (unpaired) electrons. The van der Waals surface area contributed by atoms with E-state index in [-0.39, 0.29) is 12.3 Å². The fourth-order valence-electron chi connectivity index (χ4n) is 1.48. The highest BCUT2D eigenvalue weighted by atomic mass is 19.3. The summed E-state index contributed by atoms with van der Waals surface area (Å²) in [6.45, 7) is -0.224. The second-order valence-electron chi connectivity index (χ2n) is 4.21. The van der Waals surface area contributed by atoms with Crippen molar-refractivity contribution in [2.24, 2.45) is 5.92 Å². The van der Waals surface area contributed by atoms with E-state index < -0.39 is 18.0 Å². The van der Waals surface area contributed by atoms with E-state index in [2.05, 4.69) is 10.1 Å². The Morgan fingerprint density at radius 3 is 2.50 bits per heavy atom. The number of halogens is 2. The lowest BCUT2D eigenvalue weighted by molar-refractivity contribution is -0.192. The average molecular weight is 257 g/mol. The number of nitrogens with one attached hydrogen (secondary N) is 1. The average Bonchev–Trinajstić information content (AvgIpc) is 3.11. The zero-order valence-corrected chi connectivity index (χ0v) is 9.53. The molecule has 4 nitrogen and oxygen atoms in total. The van der Waals surface area contributed by atoms with Crippen molar-refractivity contribution in [1.29, 1.82) is 0 Å². The lowest BCUT2D eigenvalue weighted by atomic mass is 10.3. The Labute approximate surface area is 103 Å². The Kier molecular flexibility index (Phi) is 3.36. The van der Waals surface area contributed by atoms with Crippen LogP contribution in [0.5, 0.6) is 5.75 Å². The number of hydrogen-bond acceptors (Lipinski definition) is 3. The van der Waals surface area contributed by atoms with Crippen LogP contribution in [-0.2, 0) is 4.79 Å². The zero-order chi connectivity index (χ0) is 13.2. The van der Waals surface area contributed by atoms with Crippen LogP contribution in [0.2, 0.25) is 0 Å². The third-order valence-electron chi connectivity index (χ3n) is 2.60. The summed E-state index contributed by atoms with van der Waals surface area (Å²) < 4.78 is 31.3. The van der Waals surface area contributed by atoms with Gasteiger partial charge in [-0.2, -0.15) is 8.78 Å². The van der Waals surface area contributed by atoms with Gasteiger partial charge < -0.3 is 15.2 Å². The van der Waals surface area contributed by atoms with Crippen molar-refractivity contribution < 1.29 is 23.4 Å². The fourth-order valence-corrected chi connectivity index (χ4v) is 1.48. The fraction of sp³-hybridized carbons (Fsp3) is 0.417. The molecular weight excluding hydrogens is 244 g/mol. The number of carbonyl (C=O) groups is 1. The summed E-state index contributed by atoms with van der Waals surface area (Å²) in [5, 5.41) is 11.1. The minimum Gasteiger partial charge on any atom is -0.480 e. The topological polar surface area (TPSA) is 58.6 Å². The van der Waals surface area contributed by atoms with Gasteiger partial charge in [-0.3, -0.25) is 4.79 Å². The number of benzene rings is 1. The molecule has 0 aromatic heterocycles. The van der Waals surface area contributed by atoms with Crippen LogP contribution >= 0.6 is 0 Å². The van der Waals surface area contributed by atoms with Crippen LogP contribution in [0.1, 0.15) is 12.8 Å². The first-order valence-electron chi connectivity index (χ1n) is 5.60. The molecular formula is C12H13F2NO3. The number of hydrogen-bond donors (Lipinski definition) is 2. The van der Waals surface area contributed by atoms with Gasteiger partial charge in [0.1, 0.15) is 12.3 Å². The van der Waals surface area contributed by atoms with Crippen molar-refractivity contribution in [3.8, 4) is 5.75 Å². The van der Waals surface area contributed by atoms with Gasteiger partial charge in [0, 0.05) is 5.69 Å². The highest BCUT2D eigenvalue weighted by Gasteiger charge is 2.49. The van der Waals surface area contributed by atoms with Crippen LogP contribution in [0.4, 0.5) is 14.5 Å². The van der Waals surface area contributed by atoms with Gasteiger partial charge in [-0.05, 0) is 37.1 Å². The molecule has 0 amide bonds. The first kappa shape index (κ1) is 12.6. The van der Waals surface area contributed by atoms with Crippen molar-refractivity contribution in [2.75, 3.05) is 11.9 Å². The van der Waals surface area contributed by atoms with Gasteiger partial charge in [0.15, 0.2) is 0 Å². The number of ether oxygens (including phenoxy) is 1. The van der Waals surface area contributed by atoms with E-state index >= 15 is 0 Å². The quantitative estimate of drug-likeness (QED) is 0.822. The Balaban J connectivity index is 1.92. The number of aliphatic carboxylic acids is 1. The summed E-state index contributed by atoms with van der Waals surface area (Å²) in [6, 6.07) is 5.78. The molecule has 2 rings (SSSR count). The zero-order valence-electron chi connectivity index (χ0n) is 9.53. The predicted molar refractivity (Wildman–Crippen MR) is 60.9 cm³/mol. The molecule has 1 fully saturated rings. The molecule has 1 aliphatic carbocycles. The number of rotatable bonds is 6. The van der Waals surface area contributed by atoms with Crippen LogP contribution in [0.3, 0.4) is 0 Å². The Morgan fingerprint density at radius 2 is 2.00 bits per heavy atom. The summed E-state index contributed by atoms with van der Waals surface area (Å²) in [7, 11) is 0. The molecule has 1 aliphatic rings. The van der Waals surface area contributed by atoms with E-state index in [4.69, 9.17) is 5.11 Å². The molecule has 1 saturated carbocycles. The second-order valence-corrected chi connectivity index (χ2v) is 4.21. The van der Waals surface area contributed by atoms with Gasteiger partial charge in [0.25, 0.3) is 0 Å². The number of carboxylic acid groups (broad SMARTS) is 1. The molecule has 0 heterocycles. The first-order chi connectivity index (χ1) is 8.47. The van der Waals surface area contributed by atoms with E-state index in [1.54, 1.807) is 0 Å². The molecule has 0 atom stereocenters. The maximum atomic E-state index is 13.3. The van der Waals surface area contributed by atoms with Gasteiger partial charge in [-0.15, -0.1) is 0 Å². The minimum absolute atomic E-state index is 0.0766. The molecule has 6 heteroatoms. The highest BCUT2D eigenvalue weighted by Crippen LogP contribution is 2.44. The summed E-state index contributed by atoms with van der Waals surface area (Å²) in [5.74, 6) is -1.59. The van der Waals surface area contributed by atoms with E-state index in [9.17, 15) is 13.6 Å². The molecule has 98 valence electrons. The van der Waals surface area contributed by atoms with Crippen LogP contribution in [0.15, 0.2) is 24.3 Å². The van der Waals surface area contributed by atoms with Gasteiger partial charge >= 0.3 is 12.1 Å². The third kappa shape index (κ3) is 3.32. The normalized spacial score (nSPS) is 15.2. The van der Waals surface area contributed by atoms with Crippen molar-refractivity contribution in [3.63, 3.8) is 0 Å². The Bertz CT molecular complexity index is 429. The molecule has 0 spiro atoms. The molecule has 1 aromatic rings. The SMILES string of the molecule is O=C(O)CNc1ccc(OC(F)(F)C2CC2)cc1. The maximum Gasteiger partial charge on any atom is 0.400 e. The van der Waals surface area contributed by atoms with Crippen LogP contribution < -0.4 is 10.1 Å². The third-order valence-corrected chi connectivity index (χ3v) is 2.60. The van der Waals surface area contributed by atoms with E-state index in [1.165, 1.54) is 24.3 Å².